The van der Waals surface area contributed by atoms with Crippen molar-refractivity contribution < 1.29 is 4.42 Å². The Balaban J connectivity index is 1.20. The Morgan fingerprint density at radius 3 is 1.51 bits per heavy atom. The Kier molecular flexibility index (Phi) is 6.89. The van der Waals surface area contributed by atoms with Crippen LogP contribution in [0.4, 0.5) is 0 Å². The molecule has 0 bridgehead atoms. The molecule has 6 heteroatoms. The quantitative estimate of drug-likeness (QED) is 0.192. The van der Waals surface area contributed by atoms with Crippen molar-refractivity contribution in [2.75, 3.05) is 0 Å². The van der Waals surface area contributed by atoms with Crippen molar-refractivity contribution in [1.82, 2.24) is 14.5 Å². The van der Waals surface area contributed by atoms with E-state index in [1.54, 1.807) is 0 Å². The van der Waals surface area contributed by atoms with Crippen molar-refractivity contribution in [1.29, 1.82) is 0 Å². The maximum atomic E-state index is 7.35. The molecular formula is C51H33N5O. The van der Waals surface area contributed by atoms with Gasteiger partial charge in [0.25, 0.3) is 0 Å². The van der Waals surface area contributed by atoms with Crippen LogP contribution in [0.25, 0.3) is 76.9 Å². The summed E-state index contributed by atoms with van der Waals surface area (Å²) in [5.41, 5.74) is 10.9. The van der Waals surface area contributed by atoms with Crippen LogP contribution in [0.1, 0.15) is 22.9 Å². The van der Waals surface area contributed by atoms with Gasteiger partial charge in [-0.2, -0.15) is 0 Å². The lowest BCUT2D eigenvalue weighted by Gasteiger charge is -2.24. The molecule has 268 valence electrons. The molecule has 11 aromatic rings. The lowest BCUT2D eigenvalue weighted by molar-refractivity contribution is 0.663. The van der Waals surface area contributed by atoms with E-state index in [-0.39, 0.29) is 6.17 Å². The summed E-state index contributed by atoms with van der Waals surface area (Å²) in [5, 5.41) is 10.4. The molecule has 4 heterocycles. The van der Waals surface area contributed by atoms with Gasteiger partial charge in [0.15, 0.2) is 17.0 Å². The van der Waals surface area contributed by atoms with E-state index in [0.717, 1.165) is 77.9 Å². The number of benzene rings is 8. The first-order valence-corrected chi connectivity index (χ1v) is 19.3. The highest BCUT2D eigenvalue weighted by atomic mass is 16.3. The van der Waals surface area contributed by atoms with E-state index in [9.17, 15) is 0 Å². The van der Waals surface area contributed by atoms with Crippen molar-refractivity contribution >= 4 is 77.2 Å². The van der Waals surface area contributed by atoms with Crippen LogP contribution in [-0.4, -0.2) is 20.8 Å². The van der Waals surface area contributed by atoms with Gasteiger partial charge < -0.3 is 18.9 Å². The van der Waals surface area contributed by atoms with Crippen LogP contribution in [-0.2, 0) is 0 Å². The van der Waals surface area contributed by atoms with Crippen LogP contribution in [0.2, 0.25) is 0 Å². The van der Waals surface area contributed by atoms with Gasteiger partial charge in [-0.05, 0) is 48.0 Å². The molecule has 3 aromatic heterocycles. The summed E-state index contributed by atoms with van der Waals surface area (Å²) in [4.78, 5) is 10.6. The molecule has 0 spiro atoms. The fraction of sp³-hybridized carbons (Fsp3) is 0.0196. The Morgan fingerprint density at radius 2 is 0.930 bits per heavy atom. The summed E-state index contributed by atoms with van der Waals surface area (Å²) in [6.45, 7) is 0. The molecule has 0 fully saturated rings. The monoisotopic (exact) mass is 731 g/mol. The zero-order valence-electron chi connectivity index (χ0n) is 30.7. The third kappa shape index (κ3) is 4.77. The van der Waals surface area contributed by atoms with Crippen molar-refractivity contribution in [3.05, 3.63) is 205 Å². The Hall–Kier alpha value is -7.70. The van der Waals surface area contributed by atoms with Crippen molar-refractivity contribution in [2.24, 2.45) is 9.98 Å². The van der Waals surface area contributed by atoms with Gasteiger partial charge in [0.1, 0.15) is 12.0 Å². The van der Waals surface area contributed by atoms with Gasteiger partial charge in [-0.1, -0.05) is 146 Å². The lowest BCUT2D eigenvalue weighted by atomic mass is 10.0. The molecule has 0 saturated heterocycles. The third-order valence-electron chi connectivity index (χ3n) is 11.4. The minimum Gasteiger partial charge on any atom is -0.452 e. The summed E-state index contributed by atoms with van der Waals surface area (Å²) < 4.78 is 12.0. The maximum absolute atomic E-state index is 7.35. The number of nitrogens with zero attached hydrogens (tertiary/aromatic N) is 4. The molecule has 1 N–H and O–H groups in total. The second-order valence-electron chi connectivity index (χ2n) is 14.6. The van der Waals surface area contributed by atoms with E-state index in [2.05, 4.69) is 178 Å². The van der Waals surface area contributed by atoms with Gasteiger partial charge in [-0.25, -0.2) is 9.98 Å². The zero-order valence-corrected chi connectivity index (χ0v) is 30.7. The molecule has 0 saturated carbocycles. The second kappa shape index (κ2) is 12.4. The third-order valence-corrected chi connectivity index (χ3v) is 11.4. The molecule has 1 unspecified atom stereocenters. The largest absolute Gasteiger partial charge is 0.452 e. The number of aliphatic imine (C=N–C) groups is 2. The van der Waals surface area contributed by atoms with Gasteiger partial charge in [0.2, 0.25) is 0 Å². The van der Waals surface area contributed by atoms with Gasteiger partial charge in [-0.15, -0.1) is 0 Å². The number of hydrogen-bond donors (Lipinski definition) is 1. The fourth-order valence-corrected chi connectivity index (χ4v) is 8.89. The normalized spacial score (nSPS) is 14.5. The molecule has 12 rings (SSSR count). The first-order chi connectivity index (χ1) is 28.3. The SMILES string of the molecule is c1ccc(C2=NC(c3ccc(-n4c5ccccc5c5ccccc54)c4oc5c(-n6c7ccccc7c7ccccc76)cccc5c34)=NC(c3ccccc3)N2)cc1. The predicted molar refractivity (Wildman–Crippen MR) is 234 cm³/mol. The zero-order chi connectivity index (χ0) is 37.5. The number of furan rings is 1. The molecule has 1 aliphatic rings. The van der Waals surface area contributed by atoms with Crippen LogP contribution in [0, 0.1) is 0 Å². The number of fused-ring (bicyclic) bond motifs is 9. The van der Waals surface area contributed by atoms with Crippen LogP contribution in [0.15, 0.2) is 202 Å². The standard InChI is InChI=1S/C51H33N5O/c1-3-16-32(17-4-1)49-52-50(33-18-5-2-6-19-33)54-51(53-49)39-30-31-45(56-42-27-13-9-22-36(42)37-23-10-14-28-43(37)56)48-46(39)38-24-15-29-44(47(38)57-48)55-40-25-11-7-20-34(40)35-21-8-12-26-41(35)55/h1-31,49H,(H,52,53,54). The van der Waals surface area contributed by atoms with E-state index in [4.69, 9.17) is 14.4 Å². The fourth-order valence-electron chi connectivity index (χ4n) is 8.89. The Bertz CT molecular complexity index is 3330. The molecule has 1 atom stereocenters. The first kappa shape index (κ1) is 31.6. The van der Waals surface area contributed by atoms with Gasteiger partial charge in [0.05, 0.1) is 33.4 Å². The van der Waals surface area contributed by atoms with E-state index >= 15 is 0 Å². The van der Waals surface area contributed by atoms with Crippen LogP contribution < -0.4 is 5.32 Å². The number of rotatable bonds is 5. The topological polar surface area (TPSA) is 59.8 Å². The number of nitrogens with one attached hydrogen (secondary N) is 1. The van der Waals surface area contributed by atoms with Crippen LogP contribution >= 0.6 is 0 Å². The predicted octanol–water partition coefficient (Wildman–Crippen LogP) is 12.3. The smallest absolute Gasteiger partial charge is 0.160 e. The summed E-state index contributed by atoms with van der Waals surface area (Å²) >= 11 is 0. The van der Waals surface area contributed by atoms with Gasteiger partial charge in [0, 0.05) is 43.4 Å². The van der Waals surface area contributed by atoms with E-state index in [1.807, 2.05) is 24.3 Å². The first-order valence-electron chi connectivity index (χ1n) is 19.3. The lowest BCUT2D eigenvalue weighted by Crippen LogP contribution is -2.33. The Labute approximate surface area is 327 Å². The average Bonchev–Trinajstić information content (AvgIpc) is 3.95. The molecule has 0 amide bonds. The van der Waals surface area contributed by atoms with E-state index in [1.165, 1.54) is 21.5 Å². The van der Waals surface area contributed by atoms with Crippen molar-refractivity contribution in [3.63, 3.8) is 0 Å². The van der Waals surface area contributed by atoms with Gasteiger partial charge >= 0.3 is 0 Å². The van der Waals surface area contributed by atoms with Crippen molar-refractivity contribution in [2.45, 2.75) is 6.17 Å². The number of aromatic nitrogens is 2. The highest BCUT2D eigenvalue weighted by Crippen LogP contribution is 2.43. The summed E-state index contributed by atoms with van der Waals surface area (Å²) in [6, 6.07) is 65.9. The molecule has 0 radical (unpaired) electrons. The van der Waals surface area contributed by atoms with Gasteiger partial charge in [-0.3, -0.25) is 0 Å². The summed E-state index contributed by atoms with van der Waals surface area (Å²) in [7, 11) is 0. The number of hydrogen-bond acceptors (Lipinski definition) is 4. The molecule has 1 aliphatic heterocycles. The Morgan fingerprint density at radius 1 is 0.439 bits per heavy atom. The molecule has 57 heavy (non-hydrogen) atoms. The minimum absolute atomic E-state index is 0.340. The van der Waals surface area contributed by atoms with Crippen molar-refractivity contribution in [3.8, 4) is 11.4 Å². The second-order valence-corrected chi connectivity index (χ2v) is 14.6. The minimum atomic E-state index is -0.340. The molecule has 6 nitrogen and oxygen atoms in total. The van der Waals surface area contributed by atoms with E-state index < -0.39 is 0 Å². The number of amidine groups is 2. The summed E-state index contributed by atoms with van der Waals surface area (Å²) in [6.07, 6.45) is -0.340. The molecule has 0 aliphatic carbocycles. The number of para-hydroxylation sites is 5. The highest BCUT2D eigenvalue weighted by molar-refractivity contribution is 6.24. The molecular weight excluding hydrogens is 699 g/mol. The highest BCUT2D eigenvalue weighted by Gasteiger charge is 2.27. The average molecular weight is 732 g/mol. The van der Waals surface area contributed by atoms with E-state index in [0.29, 0.717) is 5.84 Å². The van der Waals surface area contributed by atoms with Crippen LogP contribution in [0.5, 0.6) is 0 Å². The summed E-state index contributed by atoms with van der Waals surface area (Å²) in [5.74, 6) is 1.41. The molecule has 8 aromatic carbocycles. The maximum Gasteiger partial charge on any atom is 0.160 e. The van der Waals surface area contributed by atoms with Crippen LogP contribution in [0.3, 0.4) is 0 Å².